The monoisotopic (exact) mass is 233 g/mol. The van der Waals surface area contributed by atoms with Crippen molar-refractivity contribution < 1.29 is 9.47 Å². The summed E-state index contributed by atoms with van der Waals surface area (Å²) in [6.45, 7) is 0.650. The number of benzene rings is 1. The summed E-state index contributed by atoms with van der Waals surface area (Å²) in [5.74, 6) is 1.95. The van der Waals surface area contributed by atoms with Crippen molar-refractivity contribution in [3.63, 3.8) is 0 Å². The Morgan fingerprint density at radius 1 is 1.18 bits per heavy atom. The van der Waals surface area contributed by atoms with Gasteiger partial charge in [-0.2, -0.15) is 5.10 Å². The Kier molecular flexibility index (Phi) is 3.18. The molecular formula is C12H15N3O2. The lowest BCUT2D eigenvalue weighted by Crippen LogP contribution is -2.02. The van der Waals surface area contributed by atoms with Gasteiger partial charge >= 0.3 is 0 Å². The molecule has 1 aromatic carbocycles. The molecule has 2 N–H and O–H groups in total. The zero-order valence-electron chi connectivity index (χ0n) is 9.88. The second kappa shape index (κ2) is 4.78. The average Bonchev–Trinajstić information content (AvgIpc) is 2.74. The van der Waals surface area contributed by atoms with Crippen LogP contribution in [-0.4, -0.2) is 24.0 Å². The first-order valence-electron chi connectivity index (χ1n) is 5.23. The molecule has 0 bridgehead atoms. The maximum Gasteiger partial charge on any atom is 0.161 e. The van der Waals surface area contributed by atoms with E-state index >= 15 is 0 Å². The van der Waals surface area contributed by atoms with Gasteiger partial charge in [0, 0.05) is 6.20 Å². The van der Waals surface area contributed by atoms with Gasteiger partial charge in [-0.15, -0.1) is 0 Å². The molecule has 0 unspecified atom stereocenters. The molecule has 17 heavy (non-hydrogen) atoms. The van der Waals surface area contributed by atoms with Gasteiger partial charge in [0.15, 0.2) is 11.5 Å². The number of hydrogen-bond acceptors (Lipinski definition) is 4. The van der Waals surface area contributed by atoms with Crippen LogP contribution in [0, 0.1) is 0 Å². The summed E-state index contributed by atoms with van der Waals surface area (Å²) >= 11 is 0. The largest absolute Gasteiger partial charge is 0.493 e. The van der Waals surface area contributed by atoms with Crippen molar-refractivity contribution in [3.05, 3.63) is 36.0 Å². The van der Waals surface area contributed by atoms with Crippen LogP contribution in [0.25, 0.3) is 0 Å². The van der Waals surface area contributed by atoms with E-state index in [1.165, 1.54) is 0 Å². The number of hydrogen-bond donors (Lipinski definition) is 1. The van der Waals surface area contributed by atoms with E-state index in [-0.39, 0.29) is 0 Å². The highest BCUT2D eigenvalue weighted by Gasteiger charge is 2.05. The van der Waals surface area contributed by atoms with E-state index in [2.05, 4.69) is 5.10 Å². The fraction of sp³-hybridized carbons (Fsp3) is 0.250. The van der Waals surface area contributed by atoms with Crippen molar-refractivity contribution in [1.29, 1.82) is 0 Å². The van der Waals surface area contributed by atoms with Crippen molar-refractivity contribution in [2.24, 2.45) is 0 Å². The molecule has 0 aliphatic carbocycles. The Morgan fingerprint density at radius 3 is 2.53 bits per heavy atom. The quantitative estimate of drug-likeness (QED) is 0.870. The van der Waals surface area contributed by atoms with Gasteiger partial charge in [0.2, 0.25) is 0 Å². The molecule has 0 radical (unpaired) electrons. The molecule has 5 heteroatoms. The van der Waals surface area contributed by atoms with E-state index in [0.29, 0.717) is 18.1 Å². The molecule has 0 atom stereocenters. The lowest BCUT2D eigenvalue weighted by molar-refractivity contribution is 0.354. The van der Waals surface area contributed by atoms with Gasteiger partial charge in [0.25, 0.3) is 0 Å². The lowest BCUT2D eigenvalue weighted by atomic mass is 10.2. The van der Waals surface area contributed by atoms with Crippen LogP contribution in [0.15, 0.2) is 30.5 Å². The molecule has 0 fully saturated rings. The maximum absolute atomic E-state index is 5.56. The van der Waals surface area contributed by atoms with Crippen LogP contribution in [0.2, 0.25) is 0 Å². The van der Waals surface area contributed by atoms with Crippen molar-refractivity contribution in [1.82, 2.24) is 9.78 Å². The zero-order valence-corrected chi connectivity index (χ0v) is 9.88. The van der Waals surface area contributed by atoms with Crippen LogP contribution in [0.4, 0.5) is 5.82 Å². The number of rotatable bonds is 4. The van der Waals surface area contributed by atoms with Crippen LogP contribution < -0.4 is 15.2 Å². The van der Waals surface area contributed by atoms with Gasteiger partial charge in [-0.05, 0) is 23.8 Å². The predicted octanol–water partition coefficient (Wildman–Crippen LogP) is 1.53. The Labute approximate surface area is 99.8 Å². The van der Waals surface area contributed by atoms with Crippen LogP contribution >= 0.6 is 0 Å². The molecule has 0 saturated carbocycles. The Hall–Kier alpha value is -2.17. The van der Waals surface area contributed by atoms with Gasteiger partial charge < -0.3 is 15.2 Å². The summed E-state index contributed by atoms with van der Waals surface area (Å²) in [5.41, 5.74) is 6.63. The fourth-order valence-electron chi connectivity index (χ4n) is 1.63. The van der Waals surface area contributed by atoms with E-state index in [9.17, 15) is 0 Å². The van der Waals surface area contributed by atoms with E-state index in [4.69, 9.17) is 15.2 Å². The summed E-state index contributed by atoms with van der Waals surface area (Å²) in [5, 5.41) is 4.13. The molecule has 90 valence electrons. The highest BCUT2D eigenvalue weighted by Crippen LogP contribution is 2.27. The summed E-state index contributed by atoms with van der Waals surface area (Å²) in [7, 11) is 3.24. The number of ether oxygens (including phenoxy) is 2. The van der Waals surface area contributed by atoms with E-state index in [1.54, 1.807) is 25.0 Å². The molecule has 1 heterocycles. The van der Waals surface area contributed by atoms with Crippen LogP contribution in [0.3, 0.4) is 0 Å². The summed E-state index contributed by atoms with van der Waals surface area (Å²) in [6, 6.07) is 7.54. The Balaban J connectivity index is 2.22. The number of methoxy groups -OCH3 is 2. The summed E-state index contributed by atoms with van der Waals surface area (Å²) in [4.78, 5) is 0. The number of anilines is 1. The molecule has 2 rings (SSSR count). The second-order valence-corrected chi connectivity index (χ2v) is 3.63. The van der Waals surface area contributed by atoms with Gasteiger partial charge in [0.1, 0.15) is 5.82 Å². The van der Waals surface area contributed by atoms with Crippen LogP contribution in [0.5, 0.6) is 11.5 Å². The third kappa shape index (κ3) is 2.50. The topological polar surface area (TPSA) is 62.3 Å². The van der Waals surface area contributed by atoms with Crippen LogP contribution in [0.1, 0.15) is 5.56 Å². The summed E-state index contributed by atoms with van der Waals surface area (Å²) < 4.78 is 12.2. The Bertz CT molecular complexity index is 508. The average molecular weight is 233 g/mol. The first kappa shape index (κ1) is 11.3. The first-order chi connectivity index (χ1) is 8.22. The van der Waals surface area contributed by atoms with Gasteiger partial charge in [0.05, 0.1) is 20.8 Å². The third-order valence-electron chi connectivity index (χ3n) is 2.45. The molecular weight excluding hydrogens is 218 g/mol. The van der Waals surface area contributed by atoms with Gasteiger partial charge in [-0.25, -0.2) is 0 Å². The standard InChI is InChI=1S/C12H15N3O2/c1-16-10-4-3-9(7-11(10)17-2)8-15-6-5-12(13)14-15/h3-7H,8H2,1-2H3,(H2,13,14). The van der Waals surface area contributed by atoms with E-state index in [0.717, 1.165) is 11.3 Å². The lowest BCUT2D eigenvalue weighted by Gasteiger charge is -2.09. The minimum absolute atomic E-state index is 0.519. The predicted molar refractivity (Wildman–Crippen MR) is 65.3 cm³/mol. The number of nitrogen functional groups attached to an aromatic ring is 1. The minimum Gasteiger partial charge on any atom is -0.493 e. The highest BCUT2D eigenvalue weighted by atomic mass is 16.5. The molecule has 5 nitrogen and oxygen atoms in total. The van der Waals surface area contributed by atoms with Gasteiger partial charge in [-0.1, -0.05) is 6.07 Å². The smallest absolute Gasteiger partial charge is 0.161 e. The van der Waals surface area contributed by atoms with Crippen molar-refractivity contribution in [2.75, 3.05) is 20.0 Å². The second-order valence-electron chi connectivity index (χ2n) is 3.63. The molecule has 0 aliphatic rings. The number of nitrogens with zero attached hydrogens (tertiary/aromatic N) is 2. The van der Waals surface area contributed by atoms with Crippen molar-refractivity contribution >= 4 is 5.82 Å². The normalized spacial score (nSPS) is 10.2. The maximum atomic E-state index is 5.56. The molecule has 0 spiro atoms. The SMILES string of the molecule is COc1ccc(Cn2ccc(N)n2)cc1OC. The molecule has 1 aromatic heterocycles. The highest BCUT2D eigenvalue weighted by molar-refractivity contribution is 5.43. The van der Waals surface area contributed by atoms with Crippen LogP contribution in [-0.2, 0) is 6.54 Å². The molecule has 0 saturated heterocycles. The fourth-order valence-corrected chi connectivity index (χ4v) is 1.63. The van der Waals surface area contributed by atoms with Crippen molar-refractivity contribution in [2.45, 2.75) is 6.54 Å². The third-order valence-corrected chi connectivity index (χ3v) is 2.45. The molecule has 0 amide bonds. The molecule has 2 aromatic rings. The Morgan fingerprint density at radius 2 is 1.94 bits per heavy atom. The van der Waals surface area contributed by atoms with E-state index < -0.39 is 0 Å². The minimum atomic E-state index is 0.519. The first-order valence-corrected chi connectivity index (χ1v) is 5.23. The molecule has 0 aliphatic heterocycles. The summed E-state index contributed by atoms with van der Waals surface area (Å²) in [6.07, 6.45) is 1.84. The number of aromatic nitrogens is 2. The van der Waals surface area contributed by atoms with Gasteiger partial charge in [-0.3, -0.25) is 4.68 Å². The van der Waals surface area contributed by atoms with E-state index in [1.807, 2.05) is 24.4 Å². The van der Waals surface area contributed by atoms with Crippen molar-refractivity contribution in [3.8, 4) is 11.5 Å². The number of nitrogens with two attached hydrogens (primary N) is 1. The zero-order chi connectivity index (χ0) is 12.3.